The Kier molecular flexibility index (Phi) is 3.42. The Hall–Kier alpha value is -0.180. The van der Waals surface area contributed by atoms with E-state index in [1.807, 2.05) is 6.92 Å². The molecule has 0 saturated heterocycles. The largest absolute Gasteiger partial charge is 0.392 e. The van der Waals surface area contributed by atoms with Crippen LogP contribution in [0.5, 0.6) is 0 Å². The average molecular weight is 175 g/mol. The van der Waals surface area contributed by atoms with Crippen molar-refractivity contribution in [2.75, 3.05) is 0 Å². The first kappa shape index (κ1) is 10.8. The van der Waals surface area contributed by atoms with Crippen molar-refractivity contribution in [3.05, 3.63) is 0 Å². The average Bonchev–Trinajstić information content (AvgIpc) is 2.11. The van der Waals surface area contributed by atoms with Gasteiger partial charge in [-0.1, -0.05) is 25.9 Å². The van der Waals surface area contributed by atoms with Gasteiger partial charge in [-0.3, -0.25) is 0 Å². The van der Waals surface area contributed by atoms with Crippen LogP contribution in [-0.2, 0) is 4.84 Å². The van der Waals surface area contributed by atoms with Gasteiger partial charge in [-0.2, -0.15) is 13.5 Å². The molecule has 11 heavy (non-hydrogen) atoms. The highest BCUT2D eigenvalue weighted by atomic mass is 32.1. The summed E-state index contributed by atoms with van der Waals surface area (Å²) in [5.74, 6) is 0. The molecule has 1 rings (SSSR count). The van der Waals surface area contributed by atoms with Gasteiger partial charge in [-0.05, 0) is 6.92 Å². The van der Waals surface area contributed by atoms with Crippen LogP contribution in [0.25, 0.3) is 0 Å². The molecule has 0 spiro atoms. The van der Waals surface area contributed by atoms with Crippen molar-refractivity contribution in [3.63, 3.8) is 0 Å². The number of oxime groups is 1. The van der Waals surface area contributed by atoms with Gasteiger partial charge < -0.3 is 4.84 Å². The van der Waals surface area contributed by atoms with Crippen LogP contribution in [-0.4, -0.2) is 11.8 Å². The van der Waals surface area contributed by atoms with E-state index < -0.39 is 0 Å². The zero-order valence-electron chi connectivity index (χ0n) is 7.64. The highest BCUT2D eigenvalue weighted by Crippen LogP contribution is 2.24. The van der Waals surface area contributed by atoms with Crippen LogP contribution in [0.2, 0.25) is 0 Å². The molecular weight excluding hydrogens is 158 g/mol. The van der Waals surface area contributed by atoms with E-state index in [1.165, 1.54) is 5.71 Å². The second kappa shape index (κ2) is 3.48. The first-order valence-electron chi connectivity index (χ1n) is 3.73. The molecule has 0 unspecified atom stereocenters. The van der Waals surface area contributed by atoms with Gasteiger partial charge in [0.05, 0.1) is 5.71 Å². The van der Waals surface area contributed by atoms with E-state index in [4.69, 9.17) is 4.84 Å². The molecule has 0 N–H and O–H groups in total. The maximum Gasteiger partial charge on any atom is 0.130 e. The van der Waals surface area contributed by atoms with Gasteiger partial charge in [0.1, 0.15) is 6.10 Å². The fourth-order valence-electron chi connectivity index (χ4n) is 0.944. The Balaban J connectivity index is 0.000001000. The van der Waals surface area contributed by atoms with Gasteiger partial charge >= 0.3 is 0 Å². The summed E-state index contributed by atoms with van der Waals surface area (Å²) in [4.78, 5) is 5.08. The molecule has 0 saturated carbocycles. The lowest BCUT2D eigenvalue weighted by Crippen LogP contribution is -2.19. The van der Waals surface area contributed by atoms with Crippen molar-refractivity contribution in [1.29, 1.82) is 0 Å². The molecule has 1 atom stereocenters. The first-order chi connectivity index (χ1) is 4.50. The van der Waals surface area contributed by atoms with Gasteiger partial charge in [-0.25, -0.2) is 0 Å². The standard InChI is InChI=1S/C8H15NO.H2S/c1-6-5-7(9-10-6)8(2,3)4;/h6H,5H2,1-4H3;1H2/t6-;/m1./s1. The monoisotopic (exact) mass is 175 g/mol. The fraction of sp³-hybridized carbons (Fsp3) is 0.875. The molecule has 0 bridgehead atoms. The normalized spacial score (nSPS) is 23.6. The molecule has 0 aromatic rings. The summed E-state index contributed by atoms with van der Waals surface area (Å²) in [7, 11) is 0. The Labute approximate surface area is 75.4 Å². The SMILES string of the molecule is C[C@@H]1CC(C(C)(C)C)=NO1.S. The lowest BCUT2D eigenvalue weighted by atomic mass is 9.87. The summed E-state index contributed by atoms with van der Waals surface area (Å²) in [6.07, 6.45) is 1.28. The van der Waals surface area contributed by atoms with E-state index in [1.54, 1.807) is 0 Å². The van der Waals surface area contributed by atoms with Crippen molar-refractivity contribution in [2.24, 2.45) is 10.6 Å². The Bertz CT molecular complexity index is 160. The van der Waals surface area contributed by atoms with Gasteiger partial charge in [0, 0.05) is 11.8 Å². The second-order valence-corrected chi connectivity index (χ2v) is 3.91. The second-order valence-electron chi connectivity index (χ2n) is 3.91. The minimum Gasteiger partial charge on any atom is -0.392 e. The molecule has 0 aromatic heterocycles. The third kappa shape index (κ3) is 2.73. The summed E-state index contributed by atoms with van der Waals surface area (Å²) in [5, 5.41) is 4.00. The van der Waals surface area contributed by atoms with E-state index in [0.29, 0.717) is 0 Å². The molecule has 0 amide bonds. The van der Waals surface area contributed by atoms with Gasteiger partial charge in [-0.15, -0.1) is 0 Å². The van der Waals surface area contributed by atoms with Crippen LogP contribution in [0.4, 0.5) is 0 Å². The first-order valence-corrected chi connectivity index (χ1v) is 3.73. The van der Waals surface area contributed by atoms with Crippen LogP contribution in [0.3, 0.4) is 0 Å². The van der Waals surface area contributed by atoms with Crippen molar-refractivity contribution < 1.29 is 4.84 Å². The number of hydrogen-bond acceptors (Lipinski definition) is 2. The number of rotatable bonds is 0. The minimum atomic E-state index is 0. The molecule has 0 radical (unpaired) electrons. The maximum atomic E-state index is 5.08. The summed E-state index contributed by atoms with van der Waals surface area (Å²) in [6.45, 7) is 8.52. The number of nitrogens with zero attached hydrogens (tertiary/aromatic N) is 1. The molecule has 3 heteroatoms. The van der Waals surface area contributed by atoms with E-state index in [-0.39, 0.29) is 25.0 Å². The molecule has 0 fully saturated rings. The lowest BCUT2D eigenvalue weighted by molar-refractivity contribution is 0.0994. The molecule has 0 aliphatic carbocycles. The van der Waals surface area contributed by atoms with Crippen LogP contribution < -0.4 is 0 Å². The van der Waals surface area contributed by atoms with E-state index in [9.17, 15) is 0 Å². The topological polar surface area (TPSA) is 21.6 Å². The zero-order valence-corrected chi connectivity index (χ0v) is 8.64. The Morgan fingerprint density at radius 2 is 2.00 bits per heavy atom. The highest BCUT2D eigenvalue weighted by Gasteiger charge is 2.26. The zero-order chi connectivity index (χ0) is 7.78. The smallest absolute Gasteiger partial charge is 0.130 e. The lowest BCUT2D eigenvalue weighted by Gasteiger charge is -2.15. The predicted octanol–water partition coefficient (Wildman–Crippen LogP) is 2.31. The Morgan fingerprint density at radius 1 is 1.45 bits per heavy atom. The maximum absolute atomic E-state index is 5.08. The van der Waals surface area contributed by atoms with Crippen LogP contribution >= 0.6 is 13.5 Å². The Morgan fingerprint density at radius 3 is 2.18 bits per heavy atom. The summed E-state index contributed by atoms with van der Waals surface area (Å²) in [6, 6.07) is 0. The molecule has 1 aliphatic heterocycles. The third-order valence-corrected chi connectivity index (χ3v) is 1.69. The quantitative estimate of drug-likeness (QED) is 0.553. The summed E-state index contributed by atoms with van der Waals surface area (Å²) in [5.41, 5.74) is 1.37. The van der Waals surface area contributed by atoms with E-state index in [0.717, 1.165) is 6.42 Å². The van der Waals surface area contributed by atoms with E-state index in [2.05, 4.69) is 25.9 Å². The van der Waals surface area contributed by atoms with Crippen LogP contribution in [0, 0.1) is 5.41 Å². The molecule has 1 heterocycles. The highest BCUT2D eigenvalue weighted by molar-refractivity contribution is 7.59. The third-order valence-electron chi connectivity index (χ3n) is 1.69. The van der Waals surface area contributed by atoms with E-state index >= 15 is 0 Å². The van der Waals surface area contributed by atoms with Crippen molar-refractivity contribution in [3.8, 4) is 0 Å². The van der Waals surface area contributed by atoms with Crippen LogP contribution in [0.15, 0.2) is 5.16 Å². The van der Waals surface area contributed by atoms with Crippen molar-refractivity contribution in [1.82, 2.24) is 0 Å². The van der Waals surface area contributed by atoms with Crippen molar-refractivity contribution in [2.45, 2.75) is 40.2 Å². The van der Waals surface area contributed by atoms with Crippen molar-refractivity contribution >= 4 is 19.2 Å². The summed E-state index contributed by atoms with van der Waals surface area (Å²) >= 11 is 0. The molecule has 2 nitrogen and oxygen atoms in total. The minimum absolute atomic E-state index is 0. The molecule has 0 aromatic carbocycles. The predicted molar refractivity (Wildman–Crippen MR) is 52.4 cm³/mol. The van der Waals surface area contributed by atoms with Gasteiger partial charge in [0.25, 0.3) is 0 Å². The molecule has 66 valence electrons. The van der Waals surface area contributed by atoms with Crippen LogP contribution in [0.1, 0.15) is 34.1 Å². The summed E-state index contributed by atoms with van der Waals surface area (Å²) < 4.78 is 0. The molecular formula is C8H17NOS. The van der Waals surface area contributed by atoms with Gasteiger partial charge in [0.15, 0.2) is 0 Å². The fourth-order valence-corrected chi connectivity index (χ4v) is 0.944. The number of hydrogen-bond donors (Lipinski definition) is 0. The van der Waals surface area contributed by atoms with Gasteiger partial charge in [0.2, 0.25) is 0 Å². The molecule has 1 aliphatic rings.